The first kappa shape index (κ1) is 19.8. The molecule has 3 aromatic carbocycles. The first-order chi connectivity index (χ1) is 13.8. The van der Waals surface area contributed by atoms with Crippen LogP contribution in [0.3, 0.4) is 0 Å². The van der Waals surface area contributed by atoms with Gasteiger partial charge in [0, 0.05) is 18.2 Å². The van der Waals surface area contributed by atoms with Gasteiger partial charge in [-0.25, -0.2) is 0 Å². The van der Waals surface area contributed by atoms with Gasteiger partial charge in [0.25, 0.3) is 17.1 Å². The van der Waals surface area contributed by atoms with Crippen LogP contribution in [0.1, 0.15) is 0 Å². The van der Waals surface area contributed by atoms with Gasteiger partial charge in [-0.2, -0.15) is 0 Å². The summed E-state index contributed by atoms with van der Waals surface area (Å²) in [4.78, 5) is 32.4. The minimum absolute atomic E-state index is 0.325. The number of rotatable bonds is 6. The maximum atomic E-state index is 14.5. The van der Waals surface area contributed by atoms with E-state index in [9.17, 15) is 34.9 Å². The van der Waals surface area contributed by atoms with Crippen LogP contribution in [-0.4, -0.2) is 14.8 Å². The molecule has 0 fully saturated rings. The van der Waals surface area contributed by atoms with E-state index in [1.54, 1.807) is 0 Å². The fourth-order valence-electron chi connectivity index (χ4n) is 3.04. The van der Waals surface area contributed by atoms with Gasteiger partial charge in [-0.05, 0) is 18.2 Å². The number of para-hydroxylation sites is 3. The van der Waals surface area contributed by atoms with Gasteiger partial charge in [0.1, 0.15) is 0 Å². The lowest BCUT2D eigenvalue weighted by Crippen LogP contribution is -2.29. The summed E-state index contributed by atoms with van der Waals surface area (Å²) in [5, 5.41) is 33.8. The second-order valence-corrected chi connectivity index (χ2v) is 8.51. The van der Waals surface area contributed by atoms with Crippen LogP contribution in [0.4, 0.5) is 17.1 Å². The van der Waals surface area contributed by atoms with Crippen LogP contribution in [0.25, 0.3) is 0 Å². The topological polar surface area (TPSA) is 146 Å². The Morgan fingerprint density at radius 1 is 0.517 bits per heavy atom. The first-order valence-corrected chi connectivity index (χ1v) is 9.81. The van der Waals surface area contributed by atoms with Crippen LogP contribution in [0.2, 0.25) is 0 Å². The number of nitro groups is 3. The summed E-state index contributed by atoms with van der Waals surface area (Å²) in [6.45, 7) is 0. The zero-order chi connectivity index (χ0) is 21.2. The summed E-state index contributed by atoms with van der Waals surface area (Å²) in [5.41, 5.74) is -1.65. The summed E-state index contributed by atoms with van der Waals surface area (Å²) >= 11 is 0. The predicted octanol–water partition coefficient (Wildman–Crippen LogP) is 3.05. The van der Waals surface area contributed by atoms with E-state index in [4.69, 9.17) is 0 Å². The molecule has 146 valence electrons. The highest BCUT2D eigenvalue weighted by Gasteiger charge is 2.43. The van der Waals surface area contributed by atoms with Crippen molar-refractivity contribution in [2.75, 3.05) is 0 Å². The maximum Gasteiger partial charge on any atom is 0.280 e. The van der Waals surface area contributed by atoms with E-state index in [2.05, 4.69) is 0 Å². The smallest absolute Gasteiger partial charge is 0.280 e. The molecule has 10 nitrogen and oxygen atoms in total. The number of nitro benzene ring substituents is 3. The standard InChI is InChI=1S/C18H12N3O7P/c22-19(23)13-7-1-4-10-16(13)29(28,17-11-5-2-8-14(17)20(24)25)18-12-6-3-9-15(18)21(26)27/h1-12H. The Labute approximate surface area is 163 Å². The van der Waals surface area contributed by atoms with Crippen molar-refractivity contribution in [1.82, 2.24) is 0 Å². The van der Waals surface area contributed by atoms with Gasteiger partial charge in [0.2, 0.25) is 0 Å². The molecule has 0 heterocycles. The molecule has 0 spiro atoms. The third-order valence-electron chi connectivity index (χ3n) is 4.25. The van der Waals surface area contributed by atoms with Crippen LogP contribution in [0.15, 0.2) is 72.8 Å². The molecule has 0 amide bonds. The zero-order valence-corrected chi connectivity index (χ0v) is 15.5. The molecule has 3 rings (SSSR count). The first-order valence-electron chi connectivity index (χ1n) is 8.10. The molecule has 0 atom stereocenters. The Morgan fingerprint density at radius 3 is 1.00 bits per heavy atom. The van der Waals surface area contributed by atoms with Gasteiger partial charge >= 0.3 is 0 Å². The third kappa shape index (κ3) is 3.37. The highest BCUT2D eigenvalue weighted by atomic mass is 31.2. The molecule has 3 aromatic rings. The van der Waals surface area contributed by atoms with E-state index in [1.807, 2.05) is 0 Å². The van der Waals surface area contributed by atoms with Crippen molar-refractivity contribution in [2.24, 2.45) is 0 Å². The van der Waals surface area contributed by atoms with Crippen LogP contribution in [0, 0.1) is 30.3 Å². The van der Waals surface area contributed by atoms with Crippen molar-refractivity contribution in [3.8, 4) is 0 Å². The molecule has 0 bridgehead atoms. The molecule has 0 aliphatic carbocycles. The molecule has 0 aliphatic heterocycles. The van der Waals surface area contributed by atoms with Crippen LogP contribution >= 0.6 is 7.14 Å². The number of hydrogen-bond donors (Lipinski definition) is 0. The molecule has 0 radical (unpaired) electrons. The molecule has 11 heteroatoms. The predicted molar refractivity (Wildman–Crippen MR) is 106 cm³/mol. The van der Waals surface area contributed by atoms with Gasteiger partial charge in [-0.3, -0.25) is 30.3 Å². The lowest BCUT2D eigenvalue weighted by molar-refractivity contribution is -0.384. The molecule has 0 unspecified atom stereocenters. The summed E-state index contributed by atoms with van der Waals surface area (Å²) in [6, 6.07) is 15.1. The molecule has 0 saturated carbocycles. The highest BCUT2D eigenvalue weighted by molar-refractivity contribution is 7.86. The third-order valence-corrected chi connectivity index (χ3v) is 7.42. The van der Waals surface area contributed by atoms with Crippen molar-refractivity contribution in [2.45, 2.75) is 0 Å². The second kappa shape index (κ2) is 7.61. The summed E-state index contributed by atoms with van der Waals surface area (Å²) in [5.74, 6) is 0. The lowest BCUT2D eigenvalue weighted by atomic mass is 10.3. The molecule has 0 aromatic heterocycles. The highest BCUT2D eigenvalue weighted by Crippen LogP contribution is 2.49. The Hall–Kier alpha value is -3.91. The van der Waals surface area contributed by atoms with Gasteiger partial charge in [-0.1, -0.05) is 36.4 Å². The maximum absolute atomic E-state index is 14.5. The van der Waals surface area contributed by atoms with E-state index < -0.39 is 39.0 Å². The van der Waals surface area contributed by atoms with Gasteiger partial charge < -0.3 is 4.57 Å². The normalized spacial score (nSPS) is 11.0. The van der Waals surface area contributed by atoms with E-state index in [0.717, 1.165) is 18.2 Å². The zero-order valence-electron chi connectivity index (χ0n) is 14.6. The second-order valence-electron chi connectivity index (χ2n) is 5.85. The van der Waals surface area contributed by atoms with Gasteiger partial charge in [0.15, 0.2) is 7.14 Å². The molecular formula is C18H12N3O7P. The lowest BCUT2D eigenvalue weighted by Gasteiger charge is -2.19. The van der Waals surface area contributed by atoms with Crippen LogP contribution < -0.4 is 15.9 Å². The molecular weight excluding hydrogens is 401 g/mol. The van der Waals surface area contributed by atoms with E-state index in [0.29, 0.717) is 0 Å². The number of hydrogen-bond acceptors (Lipinski definition) is 7. The van der Waals surface area contributed by atoms with Crippen molar-refractivity contribution in [3.05, 3.63) is 103 Å². The Morgan fingerprint density at radius 2 is 0.759 bits per heavy atom. The summed E-state index contributed by atoms with van der Waals surface area (Å²) in [7, 11) is -4.38. The largest absolute Gasteiger partial charge is 0.308 e. The summed E-state index contributed by atoms with van der Waals surface area (Å²) < 4.78 is 14.5. The molecule has 29 heavy (non-hydrogen) atoms. The SMILES string of the molecule is O=[N+]([O-])c1ccccc1P(=O)(c1ccccc1[N+](=O)[O-])c1ccccc1[N+](=O)[O-]. The quantitative estimate of drug-likeness (QED) is 0.343. The molecule has 0 aliphatic rings. The Balaban J connectivity index is 2.53. The number of benzene rings is 3. The fourth-order valence-corrected chi connectivity index (χ4v) is 6.15. The van der Waals surface area contributed by atoms with E-state index in [-0.39, 0.29) is 15.9 Å². The fraction of sp³-hybridized carbons (Fsp3) is 0. The van der Waals surface area contributed by atoms with Crippen molar-refractivity contribution < 1.29 is 19.3 Å². The Bertz CT molecular complexity index is 1050. The van der Waals surface area contributed by atoms with Crippen LogP contribution in [0.5, 0.6) is 0 Å². The minimum Gasteiger partial charge on any atom is -0.308 e. The average molecular weight is 413 g/mol. The van der Waals surface area contributed by atoms with Crippen LogP contribution in [-0.2, 0) is 4.57 Å². The molecule has 0 N–H and O–H groups in total. The van der Waals surface area contributed by atoms with E-state index >= 15 is 0 Å². The van der Waals surface area contributed by atoms with Crippen molar-refractivity contribution in [1.29, 1.82) is 0 Å². The van der Waals surface area contributed by atoms with Crippen molar-refractivity contribution >= 4 is 40.1 Å². The van der Waals surface area contributed by atoms with Gasteiger partial charge in [-0.15, -0.1) is 0 Å². The number of nitrogens with zero attached hydrogens (tertiary/aromatic N) is 3. The van der Waals surface area contributed by atoms with E-state index in [1.165, 1.54) is 54.6 Å². The average Bonchev–Trinajstić information content (AvgIpc) is 2.73. The van der Waals surface area contributed by atoms with Gasteiger partial charge in [0.05, 0.1) is 30.7 Å². The monoisotopic (exact) mass is 413 g/mol. The molecule has 0 saturated heterocycles. The minimum atomic E-state index is -4.38. The summed E-state index contributed by atoms with van der Waals surface area (Å²) in [6.07, 6.45) is 0. The van der Waals surface area contributed by atoms with Crippen molar-refractivity contribution in [3.63, 3.8) is 0 Å². The Kier molecular flexibility index (Phi) is 5.20.